The monoisotopic (exact) mass is 903 g/mol. The molecule has 2 aliphatic rings. The smallest absolute Gasteiger partial charge is 0.324 e. The van der Waals surface area contributed by atoms with Gasteiger partial charge in [0.1, 0.15) is 17.5 Å². The number of likely N-dealkylation sites (N-methyl/N-ethyl adjacent to an activating group) is 2. The maximum atomic E-state index is 14.6. The van der Waals surface area contributed by atoms with Crippen LogP contribution in [0.3, 0.4) is 0 Å². The minimum absolute atomic E-state index is 0.0194. The van der Waals surface area contributed by atoms with Crippen LogP contribution >= 0.6 is 0 Å². The second-order valence-corrected chi connectivity index (χ2v) is 18.4. The number of phenols is 1. The van der Waals surface area contributed by atoms with E-state index in [4.69, 9.17) is 14.5 Å². The van der Waals surface area contributed by atoms with Crippen LogP contribution in [-0.4, -0.2) is 113 Å². The van der Waals surface area contributed by atoms with E-state index in [1.165, 1.54) is 27.9 Å². The number of hydrogen-bond donors (Lipinski definition) is 3. The summed E-state index contributed by atoms with van der Waals surface area (Å²) in [6.07, 6.45) is 5.15. The average Bonchev–Trinajstić information content (AvgIpc) is 3.59. The number of carbonyl (C=O) groups is 5. The maximum absolute atomic E-state index is 14.6. The van der Waals surface area contributed by atoms with Crippen molar-refractivity contribution in [1.29, 1.82) is 0 Å². The zero-order valence-corrected chi connectivity index (χ0v) is 39.7. The third-order valence-corrected chi connectivity index (χ3v) is 12.4. The van der Waals surface area contributed by atoms with Crippen molar-refractivity contribution in [3.63, 3.8) is 0 Å². The average molecular weight is 904 g/mol. The molecule has 66 heavy (non-hydrogen) atoms. The van der Waals surface area contributed by atoms with Crippen molar-refractivity contribution in [3.8, 4) is 28.1 Å². The van der Waals surface area contributed by atoms with Crippen molar-refractivity contribution >= 4 is 40.5 Å². The number of methoxy groups -OCH3 is 1. The predicted molar refractivity (Wildman–Crippen MR) is 253 cm³/mol. The molecule has 15 nitrogen and oxygen atoms in total. The Morgan fingerprint density at radius 3 is 2.59 bits per heavy atom. The summed E-state index contributed by atoms with van der Waals surface area (Å²) in [5.41, 5.74) is 10.5. The molecule has 4 amide bonds. The molecule has 2 aromatic carbocycles. The number of hydrazine groups is 1. The SMILES string of the molecule is C=CC(=O)N(C)CCCC(=O)N(C)C(C(=O)NC[C@H]1Cc2cc(O)cc(c2)-c2ccc3c(c2)c(c(-c2cccnc2COC)n3CC)CC(C)(C)COC(=O)[C@@H]2CCCN(N2)C1=O)=C(C)C. The zero-order valence-electron chi connectivity index (χ0n) is 39.7. The predicted octanol–water partition coefficient (Wildman–Crippen LogP) is 6.32. The van der Waals surface area contributed by atoms with Crippen LogP contribution in [0.4, 0.5) is 0 Å². The van der Waals surface area contributed by atoms with Gasteiger partial charge in [-0.15, -0.1) is 0 Å². The number of nitrogens with one attached hydrogen (secondary N) is 2. The molecular weight excluding hydrogens is 839 g/mol. The van der Waals surface area contributed by atoms with E-state index in [2.05, 4.69) is 60.9 Å². The van der Waals surface area contributed by atoms with Crippen LogP contribution < -0.4 is 10.7 Å². The number of cyclic esters (lactones) is 1. The number of rotatable bonds is 13. The summed E-state index contributed by atoms with van der Waals surface area (Å²) in [7, 11) is 4.82. The minimum atomic E-state index is -0.850. The third-order valence-electron chi connectivity index (χ3n) is 12.4. The summed E-state index contributed by atoms with van der Waals surface area (Å²) in [6, 6.07) is 14.8. The van der Waals surface area contributed by atoms with Gasteiger partial charge in [-0.1, -0.05) is 32.6 Å². The molecule has 0 spiro atoms. The van der Waals surface area contributed by atoms with Gasteiger partial charge in [0.25, 0.3) is 5.91 Å². The summed E-state index contributed by atoms with van der Waals surface area (Å²) >= 11 is 0. The Labute approximate surface area is 387 Å². The molecule has 2 aromatic heterocycles. The quantitative estimate of drug-likeness (QED) is 0.102. The fourth-order valence-electron chi connectivity index (χ4n) is 9.09. The second-order valence-electron chi connectivity index (χ2n) is 18.4. The highest BCUT2D eigenvalue weighted by Crippen LogP contribution is 2.41. The number of esters is 1. The summed E-state index contributed by atoms with van der Waals surface area (Å²) in [5.74, 6) is -2.73. The number of ether oxygens (including phenoxy) is 2. The van der Waals surface area contributed by atoms with Gasteiger partial charge in [0.2, 0.25) is 17.7 Å². The first-order valence-electron chi connectivity index (χ1n) is 22.7. The lowest BCUT2D eigenvalue weighted by Crippen LogP contribution is -2.58. The van der Waals surface area contributed by atoms with Crippen LogP contribution in [0.25, 0.3) is 33.3 Å². The Hall–Kier alpha value is -6.32. The van der Waals surface area contributed by atoms with Gasteiger partial charge in [0.05, 0.1) is 30.5 Å². The molecule has 1 fully saturated rings. The first-order valence-corrected chi connectivity index (χ1v) is 22.7. The first kappa shape index (κ1) is 49.1. The molecule has 2 aliphatic heterocycles. The van der Waals surface area contributed by atoms with E-state index in [0.717, 1.165) is 44.5 Å². The number of aromatic nitrogens is 2. The van der Waals surface area contributed by atoms with Gasteiger partial charge in [-0.2, -0.15) is 0 Å². The number of hydrogen-bond acceptors (Lipinski definition) is 10. The minimum Gasteiger partial charge on any atom is -0.508 e. The van der Waals surface area contributed by atoms with Gasteiger partial charge in [0, 0.05) is 81.9 Å². The van der Waals surface area contributed by atoms with Crippen molar-refractivity contribution < 1.29 is 38.6 Å². The Balaban J connectivity index is 1.38. The standard InChI is InChI=1S/C51H65N7O8/c1-10-44(60)55(7)21-14-17-45(61)56(8)46(32(3)4)48(62)53-29-36-24-33-23-35(26-37(59)25-33)34-18-19-43-39(27-34)40(47(57(43)11-2)38-15-12-20-52-42(38)30-65-9)28-51(5,6)31-66-50(64)41-16-13-22-58(54-41)49(36)63/h10,12,15,18-20,23,25-27,36,41,54,59H,1,11,13-14,16-17,21-22,24,28-31H2,2-9H3,(H,53,62)/t36-,41+/m1/s1. The fraction of sp³-hybridized carbons (Fsp3) is 0.451. The van der Waals surface area contributed by atoms with Crippen LogP contribution in [0.5, 0.6) is 5.75 Å². The molecule has 4 aromatic rings. The molecule has 2 atom stereocenters. The van der Waals surface area contributed by atoms with Gasteiger partial charge in [-0.3, -0.25) is 34.0 Å². The van der Waals surface area contributed by atoms with Gasteiger partial charge < -0.3 is 34.3 Å². The molecule has 4 heterocycles. The summed E-state index contributed by atoms with van der Waals surface area (Å²) in [4.78, 5) is 75.2. The molecular formula is C51H65N7O8. The number of amides is 4. The molecule has 352 valence electrons. The number of fused-ring (bicyclic) bond motifs is 6. The normalized spacial score (nSPS) is 17.4. The van der Waals surface area contributed by atoms with Crippen LogP contribution in [-0.2, 0) is 59.4 Å². The van der Waals surface area contributed by atoms with Crippen molar-refractivity contribution in [2.24, 2.45) is 11.3 Å². The lowest BCUT2D eigenvalue weighted by molar-refractivity contribution is -0.155. The number of phenolic OH excluding ortho intramolecular Hbond substituents is 1. The van der Waals surface area contributed by atoms with Gasteiger partial charge >= 0.3 is 5.97 Å². The summed E-state index contributed by atoms with van der Waals surface area (Å²) in [5, 5.41) is 16.7. The van der Waals surface area contributed by atoms with Gasteiger partial charge in [-0.05, 0) is 123 Å². The van der Waals surface area contributed by atoms with Gasteiger partial charge in [-0.25, -0.2) is 5.43 Å². The highest BCUT2D eigenvalue weighted by molar-refractivity contribution is 5.98. The maximum Gasteiger partial charge on any atom is 0.324 e. The van der Waals surface area contributed by atoms with E-state index in [1.807, 2.05) is 18.2 Å². The second kappa shape index (κ2) is 21.3. The third kappa shape index (κ3) is 11.2. The Bertz CT molecular complexity index is 2520. The van der Waals surface area contributed by atoms with Crippen LogP contribution in [0.2, 0.25) is 0 Å². The summed E-state index contributed by atoms with van der Waals surface area (Å²) in [6.45, 7) is 14.9. The molecule has 0 radical (unpaired) electrons. The number of nitrogens with zero attached hydrogens (tertiary/aromatic N) is 5. The number of aryl methyl sites for hydroxylation is 1. The summed E-state index contributed by atoms with van der Waals surface area (Å²) < 4.78 is 14.0. The Morgan fingerprint density at radius 2 is 1.88 bits per heavy atom. The van der Waals surface area contributed by atoms with Crippen molar-refractivity contribution in [1.82, 2.24) is 35.1 Å². The lowest BCUT2D eigenvalue weighted by atomic mass is 9.84. The highest BCUT2D eigenvalue weighted by atomic mass is 16.5. The topological polar surface area (TPSA) is 176 Å². The lowest BCUT2D eigenvalue weighted by Gasteiger charge is -2.35. The molecule has 6 bridgehead atoms. The molecule has 15 heteroatoms. The van der Waals surface area contributed by atoms with E-state index >= 15 is 0 Å². The van der Waals surface area contributed by atoms with Crippen LogP contribution in [0, 0.1) is 11.3 Å². The number of aromatic hydroxyl groups is 1. The van der Waals surface area contributed by atoms with Crippen molar-refractivity contribution in [2.45, 2.75) is 92.3 Å². The highest BCUT2D eigenvalue weighted by Gasteiger charge is 2.35. The van der Waals surface area contributed by atoms with E-state index in [-0.39, 0.29) is 55.2 Å². The van der Waals surface area contributed by atoms with E-state index in [0.29, 0.717) is 63.1 Å². The number of pyridine rings is 1. The molecule has 0 aliphatic carbocycles. The number of carbonyl (C=O) groups excluding carboxylic acids is 5. The van der Waals surface area contributed by atoms with Crippen molar-refractivity contribution in [3.05, 3.63) is 95.5 Å². The molecule has 1 saturated heterocycles. The number of allylic oxidation sites excluding steroid dienone is 1. The van der Waals surface area contributed by atoms with Crippen molar-refractivity contribution in [2.75, 3.05) is 47.4 Å². The van der Waals surface area contributed by atoms with E-state index < -0.39 is 29.3 Å². The van der Waals surface area contributed by atoms with Crippen LogP contribution in [0.1, 0.15) is 77.1 Å². The zero-order chi connectivity index (χ0) is 47.9. The number of benzene rings is 2. The fourth-order valence-corrected chi connectivity index (χ4v) is 9.09. The molecule has 0 unspecified atom stereocenters. The Morgan fingerprint density at radius 1 is 1.11 bits per heavy atom. The van der Waals surface area contributed by atoms with Gasteiger partial charge in [0.15, 0.2) is 0 Å². The molecule has 3 N–H and O–H groups in total. The van der Waals surface area contributed by atoms with E-state index in [1.54, 1.807) is 46.3 Å². The van der Waals surface area contributed by atoms with Crippen LogP contribution in [0.15, 0.2) is 78.7 Å². The largest absolute Gasteiger partial charge is 0.508 e. The molecule has 6 rings (SSSR count). The Kier molecular flexibility index (Phi) is 15.9. The first-order chi connectivity index (χ1) is 31.5. The molecule has 0 saturated carbocycles. The van der Waals surface area contributed by atoms with E-state index in [9.17, 15) is 29.1 Å².